The fourth-order valence-corrected chi connectivity index (χ4v) is 3.57. The summed E-state index contributed by atoms with van der Waals surface area (Å²) >= 11 is 0. The molecule has 0 fully saturated rings. The molecule has 0 aliphatic heterocycles. The van der Waals surface area contributed by atoms with Crippen molar-refractivity contribution < 1.29 is 0 Å². The lowest BCUT2D eigenvalue weighted by Gasteiger charge is -2.06. The van der Waals surface area contributed by atoms with E-state index >= 15 is 0 Å². The average Bonchev–Trinajstić information content (AvgIpc) is 2.94. The van der Waals surface area contributed by atoms with Gasteiger partial charge in [-0.2, -0.15) is 0 Å². The first-order valence-corrected chi connectivity index (χ1v) is 7.43. The van der Waals surface area contributed by atoms with E-state index in [0.717, 1.165) is 11.0 Å². The molecule has 0 amide bonds. The van der Waals surface area contributed by atoms with Crippen LogP contribution in [0.3, 0.4) is 0 Å². The molecule has 0 saturated heterocycles. The Kier molecular flexibility index (Phi) is 2.23. The highest BCUT2D eigenvalue weighted by Gasteiger charge is 2.12. The van der Waals surface area contributed by atoms with Crippen LogP contribution in [-0.4, -0.2) is 12.8 Å². The maximum absolute atomic E-state index is 5.95. The van der Waals surface area contributed by atoms with Crippen LogP contribution in [0.4, 0.5) is 0 Å². The van der Waals surface area contributed by atoms with Crippen molar-refractivity contribution in [1.29, 1.82) is 0 Å². The Hall–Kier alpha value is -2.74. The number of benzene rings is 4. The molecule has 5 rings (SSSR count). The van der Waals surface area contributed by atoms with Gasteiger partial charge in [0.2, 0.25) is 0 Å². The van der Waals surface area contributed by atoms with E-state index < -0.39 is 0 Å². The molecule has 2 heteroatoms. The van der Waals surface area contributed by atoms with Gasteiger partial charge < -0.3 is 4.98 Å². The highest BCUT2D eigenvalue weighted by atomic mass is 14.7. The number of H-pyrrole nitrogens is 1. The van der Waals surface area contributed by atoms with Gasteiger partial charge in [-0.05, 0) is 22.2 Å². The van der Waals surface area contributed by atoms with Crippen LogP contribution in [-0.2, 0) is 0 Å². The molecular weight excluding hydrogens is 265 g/mol. The number of rotatable bonds is 0. The van der Waals surface area contributed by atoms with Crippen molar-refractivity contribution in [1.82, 2.24) is 4.98 Å². The van der Waals surface area contributed by atoms with Crippen molar-refractivity contribution in [2.24, 2.45) is 0 Å². The predicted molar refractivity (Wildman–Crippen MR) is 96.2 cm³/mol. The third kappa shape index (κ3) is 1.44. The van der Waals surface area contributed by atoms with Crippen LogP contribution in [0.15, 0.2) is 66.7 Å². The summed E-state index contributed by atoms with van der Waals surface area (Å²) in [6, 6.07) is 23.3. The van der Waals surface area contributed by atoms with Gasteiger partial charge in [-0.1, -0.05) is 66.1 Å². The third-order valence-electron chi connectivity index (χ3n) is 4.51. The molecule has 4 aromatic carbocycles. The Morgan fingerprint density at radius 2 is 1.27 bits per heavy atom. The van der Waals surface area contributed by atoms with Crippen molar-refractivity contribution in [2.45, 2.75) is 0 Å². The summed E-state index contributed by atoms with van der Waals surface area (Å²) in [5.41, 5.74) is 3.07. The van der Waals surface area contributed by atoms with E-state index in [-0.39, 0.29) is 0 Å². The predicted octanol–water partition coefficient (Wildman–Crippen LogP) is 4.42. The van der Waals surface area contributed by atoms with Gasteiger partial charge in [0.15, 0.2) is 0 Å². The summed E-state index contributed by atoms with van der Waals surface area (Å²) in [4.78, 5) is 3.57. The quantitative estimate of drug-likeness (QED) is 0.318. The summed E-state index contributed by atoms with van der Waals surface area (Å²) in [7, 11) is 5.95. The summed E-state index contributed by atoms with van der Waals surface area (Å²) in [5, 5.41) is 7.63. The van der Waals surface area contributed by atoms with Crippen LogP contribution >= 0.6 is 0 Å². The maximum atomic E-state index is 5.95. The lowest BCUT2D eigenvalue weighted by molar-refractivity contribution is 1.57. The first-order chi connectivity index (χ1) is 10.8. The molecule has 1 nitrogen and oxygen atoms in total. The Morgan fingerprint density at radius 3 is 2.05 bits per heavy atom. The standard InChI is InChI=1S/C20H12BN/c21-12-9-10-17-18(11-12)22-20-16-8-4-2-6-14(16)13-5-1-3-7-15(13)19(17)20/h1-11,22H. The average molecular weight is 277 g/mol. The van der Waals surface area contributed by atoms with E-state index in [9.17, 15) is 0 Å². The lowest BCUT2D eigenvalue weighted by Crippen LogP contribution is -1.98. The van der Waals surface area contributed by atoms with E-state index in [0.29, 0.717) is 0 Å². The zero-order valence-electron chi connectivity index (χ0n) is 11.9. The van der Waals surface area contributed by atoms with Crippen molar-refractivity contribution >= 4 is 56.7 Å². The molecule has 0 unspecified atom stereocenters. The van der Waals surface area contributed by atoms with Crippen LogP contribution in [0, 0.1) is 0 Å². The summed E-state index contributed by atoms with van der Waals surface area (Å²) in [5.74, 6) is 0. The van der Waals surface area contributed by atoms with Crippen LogP contribution in [0.2, 0.25) is 0 Å². The highest BCUT2D eigenvalue weighted by molar-refractivity contribution is 6.35. The smallest absolute Gasteiger partial charge is 0.113 e. The Bertz CT molecular complexity index is 1180. The Morgan fingerprint density at radius 1 is 0.636 bits per heavy atom. The van der Waals surface area contributed by atoms with Crippen molar-refractivity contribution in [3.8, 4) is 0 Å². The van der Waals surface area contributed by atoms with Gasteiger partial charge in [-0.3, -0.25) is 0 Å². The monoisotopic (exact) mass is 277 g/mol. The summed E-state index contributed by atoms with van der Waals surface area (Å²) in [6.07, 6.45) is 0. The summed E-state index contributed by atoms with van der Waals surface area (Å²) < 4.78 is 0. The SMILES string of the molecule is [B]c1ccc2c(c1)[nH]c1c3ccccc3c3ccccc3c21. The molecule has 0 saturated carbocycles. The second-order valence-corrected chi connectivity index (χ2v) is 5.77. The number of nitrogens with one attached hydrogen (secondary N) is 1. The molecule has 2 radical (unpaired) electrons. The van der Waals surface area contributed by atoms with E-state index in [1.165, 1.54) is 37.8 Å². The first kappa shape index (κ1) is 11.9. The van der Waals surface area contributed by atoms with Gasteiger partial charge in [0, 0.05) is 21.7 Å². The number of hydrogen-bond acceptors (Lipinski definition) is 0. The zero-order valence-corrected chi connectivity index (χ0v) is 11.9. The Balaban J connectivity index is 2.21. The van der Waals surface area contributed by atoms with Gasteiger partial charge in [-0.15, -0.1) is 0 Å². The minimum absolute atomic E-state index is 0.785. The van der Waals surface area contributed by atoms with Gasteiger partial charge in [0.05, 0.1) is 5.52 Å². The topological polar surface area (TPSA) is 15.8 Å². The van der Waals surface area contributed by atoms with Crippen LogP contribution in [0.5, 0.6) is 0 Å². The second kappa shape index (κ2) is 4.14. The number of aromatic nitrogens is 1. The molecule has 0 atom stereocenters. The van der Waals surface area contributed by atoms with Crippen molar-refractivity contribution in [3.63, 3.8) is 0 Å². The molecule has 1 N–H and O–H groups in total. The largest absolute Gasteiger partial charge is 0.354 e. The molecular formula is C20H12BN. The van der Waals surface area contributed by atoms with Crippen molar-refractivity contribution in [2.75, 3.05) is 0 Å². The normalized spacial score (nSPS) is 11.8. The van der Waals surface area contributed by atoms with E-state index in [1.807, 2.05) is 12.1 Å². The molecule has 0 bridgehead atoms. The number of aromatic amines is 1. The minimum Gasteiger partial charge on any atom is -0.354 e. The fourth-order valence-electron chi connectivity index (χ4n) is 3.57. The highest BCUT2D eigenvalue weighted by Crippen LogP contribution is 2.38. The molecule has 0 aliphatic carbocycles. The van der Waals surface area contributed by atoms with Gasteiger partial charge in [0.1, 0.15) is 7.85 Å². The number of fused-ring (bicyclic) bond motifs is 8. The van der Waals surface area contributed by atoms with E-state index in [4.69, 9.17) is 7.85 Å². The molecule has 0 spiro atoms. The molecule has 5 aromatic rings. The van der Waals surface area contributed by atoms with Gasteiger partial charge >= 0.3 is 0 Å². The minimum atomic E-state index is 0.785. The van der Waals surface area contributed by atoms with Crippen LogP contribution in [0.1, 0.15) is 0 Å². The first-order valence-electron chi connectivity index (χ1n) is 7.43. The molecule has 0 aliphatic rings. The Labute approximate surface area is 129 Å². The molecule has 1 aromatic heterocycles. The second-order valence-electron chi connectivity index (χ2n) is 5.77. The molecule has 22 heavy (non-hydrogen) atoms. The molecule has 1 heterocycles. The van der Waals surface area contributed by atoms with Gasteiger partial charge in [-0.25, -0.2) is 0 Å². The van der Waals surface area contributed by atoms with Crippen molar-refractivity contribution in [3.05, 3.63) is 66.7 Å². The van der Waals surface area contributed by atoms with Crippen LogP contribution < -0.4 is 5.46 Å². The fraction of sp³-hybridized carbons (Fsp3) is 0. The zero-order chi connectivity index (χ0) is 14.7. The molecule has 100 valence electrons. The third-order valence-corrected chi connectivity index (χ3v) is 4.51. The van der Waals surface area contributed by atoms with Gasteiger partial charge in [0.25, 0.3) is 0 Å². The van der Waals surface area contributed by atoms with Crippen LogP contribution in [0.25, 0.3) is 43.4 Å². The number of hydrogen-bond donors (Lipinski definition) is 1. The van der Waals surface area contributed by atoms with E-state index in [1.54, 1.807) is 0 Å². The summed E-state index contributed by atoms with van der Waals surface area (Å²) in [6.45, 7) is 0. The van der Waals surface area contributed by atoms with E-state index in [2.05, 4.69) is 59.6 Å². The maximum Gasteiger partial charge on any atom is 0.113 e. The lowest BCUT2D eigenvalue weighted by atomic mass is 9.93.